The summed E-state index contributed by atoms with van der Waals surface area (Å²) in [6.07, 6.45) is 0. The van der Waals surface area contributed by atoms with E-state index in [4.69, 9.17) is 5.73 Å². The summed E-state index contributed by atoms with van der Waals surface area (Å²) in [6.45, 7) is 0. The maximum Gasteiger partial charge on any atom is 0.267 e. The van der Waals surface area contributed by atoms with Crippen LogP contribution < -0.4 is 10.0 Å². The number of rotatable bonds is 3. The van der Waals surface area contributed by atoms with Crippen molar-refractivity contribution in [2.75, 3.05) is 17.1 Å². The van der Waals surface area contributed by atoms with Crippen LogP contribution in [0.4, 0.5) is 20.2 Å². The van der Waals surface area contributed by atoms with Crippen LogP contribution in [0.3, 0.4) is 0 Å². The van der Waals surface area contributed by atoms with E-state index in [2.05, 4.69) is 0 Å². The van der Waals surface area contributed by atoms with Gasteiger partial charge in [0.1, 0.15) is 16.5 Å². The van der Waals surface area contributed by atoms with Crippen molar-refractivity contribution in [3.8, 4) is 0 Å². The van der Waals surface area contributed by atoms with Gasteiger partial charge in [-0.25, -0.2) is 17.2 Å². The molecule has 0 aliphatic rings. The van der Waals surface area contributed by atoms with E-state index < -0.39 is 26.6 Å². The first-order valence-electron chi connectivity index (χ1n) is 5.62. The summed E-state index contributed by atoms with van der Waals surface area (Å²) >= 11 is 0. The molecule has 0 spiro atoms. The molecule has 0 aliphatic heterocycles. The average molecular weight is 298 g/mol. The van der Waals surface area contributed by atoms with Gasteiger partial charge in [0.2, 0.25) is 0 Å². The molecule has 0 heterocycles. The fourth-order valence-electron chi connectivity index (χ4n) is 1.65. The Balaban J connectivity index is 2.49. The van der Waals surface area contributed by atoms with Crippen LogP contribution >= 0.6 is 0 Å². The molecule has 0 fully saturated rings. The summed E-state index contributed by atoms with van der Waals surface area (Å²) in [6, 6.07) is 8.12. The molecule has 7 heteroatoms. The van der Waals surface area contributed by atoms with Crippen LogP contribution in [-0.2, 0) is 10.0 Å². The molecule has 106 valence electrons. The van der Waals surface area contributed by atoms with Crippen molar-refractivity contribution in [3.05, 3.63) is 54.1 Å². The van der Waals surface area contributed by atoms with Crippen molar-refractivity contribution in [2.45, 2.75) is 4.90 Å². The third-order valence-electron chi connectivity index (χ3n) is 2.78. The van der Waals surface area contributed by atoms with E-state index in [9.17, 15) is 17.2 Å². The quantitative estimate of drug-likeness (QED) is 0.885. The van der Waals surface area contributed by atoms with E-state index in [0.717, 1.165) is 28.6 Å². The molecule has 0 radical (unpaired) electrons. The Morgan fingerprint density at radius 2 is 1.65 bits per heavy atom. The lowest BCUT2D eigenvalue weighted by Gasteiger charge is -2.20. The normalized spacial score (nSPS) is 11.3. The topological polar surface area (TPSA) is 63.4 Å². The van der Waals surface area contributed by atoms with Crippen LogP contribution in [0.2, 0.25) is 0 Å². The third-order valence-corrected chi connectivity index (χ3v) is 4.58. The molecule has 0 bridgehead atoms. The largest absolute Gasteiger partial charge is 0.399 e. The predicted octanol–water partition coefficient (Wildman–Crippen LogP) is 2.37. The van der Waals surface area contributed by atoms with Crippen molar-refractivity contribution in [2.24, 2.45) is 0 Å². The molecular formula is C13H12F2N2O2S. The van der Waals surface area contributed by atoms with Crippen LogP contribution in [0.25, 0.3) is 0 Å². The second-order valence-electron chi connectivity index (χ2n) is 4.14. The van der Waals surface area contributed by atoms with Gasteiger partial charge < -0.3 is 5.73 Å². The summed E-state index contributed by atoms with van der Waals surface area (Å²) < 4.78 is 52.0. The van der Waals surface area contributed by atoms with Crippen LogP contribution in [0.1, 0.15) is 0 Å². The van der Waals surface area contributed by atoms with E-state index in [1.165, 1.54) is 25.2 Å². The number of halogens is 2. The Hall–Kier alpha value is -2.15. The number of benzene rings is 2. The van der Waals surface area contributed by atoms with E-state index >= 15 is 0 Å². The molecule has 0 aliphatic carbocycles. The lowest BCUT2D eigenvalue weighted by Crippen LogP contribution is -2.27. The van der Waals surface area contributed by atoms with Gasteiger partial charge in [-0.3, -0.25) is 4.31 Å². The Morgan fingerprint density at radius 3 is 2.25 bits per heavy atom. The molecular weight excluding hydrogens is 286 g/mol. The van der Waals surface area contributed by atoms with E-state index in [0.29, 0.717) is 0 Å². The molecule has 0 saturated carbocycles. The molecule has 0 unspecified atom stereocenters. The molecule has 0 amide bonds. The van der Waals surface area contributed by atoms with Gasteiger partial charge in [0.05, 0.1) is 5.69 Å². The Labute approximate surface area is 115 Å². The van der Waals surface area contributed by atoms with E-state index in [1.54, 1.807) is 0 Å². The second-order valence-corrected chi connectivity index (χ2v) is 6.08. The Bertz CT molecular complexity index is 731. The van der Waals surface area contributed by atoms with Crippen molar-refractivity contribution >= 4 is 21.4 Å². The lowest BCUT2D eigenvalue weighted by molar-refractivity contribution is 0.566. The number of hydrogen-bond donors (Lipinski definition) is 1. The zero-order valence-corrected chi connectivity index (χ0v) is 11.4. The molecule has 2 rings (SSSR count). The second kappa shape index (κ2) is 5.09. The fourth-order valence-corrected chi connectivity index (χ4v) is 2.95. The third kappa shape index (κ3) is 2.57. The minimum absolute atomic E-state index is 0.137. The number of nitrogens with two attached hydrogens (primary N) is 1. The number of nitrogen functional groups attached to an aromatic ring is 1. The smallest absolute Gasteiger partial charge is 0.267 e. The Morgan fingerprint density at radius 1 is 1.05 bits per heavy atom. The highest BCUT2D eigenvalue weighted by Gasteiger charge is 2.25. The molecule has 0 atom stereocenters. The highest BCUT2D eigenvalue weighted by molar-refractivity contribution is 7.92. The lowest BCUT2D eigenvalue weighted by atomic mass is 10.3. The monoisotopic (exact) mass is 298 g/mol. The maximum atomic E-state index is 13.7. The van der Waals surface area contributed by atoms with Gasteiger partial charge in [0, 0.05) is 12.7 Å². The van der Waals surface area contributed by atoms with Crippen molar-refractivity contribution in [1.82, 2.24) is 0 Å². The predicted molar refractivity (Wildman–Crippen MR) is 72.8 cm³/mol. The standard InChI is InChI=1S/C13H12F2N2O2S/c1-17(11-5-2-9(14)3-6-11)20(18,19)13-8-10(16)4-7-12(13)15/h2-8H,16H2,1H3. The highest BCUT2D eigenvalue weighted by Crippen LogP contribution is 2.25. The van der Waals surface area contributed by atoms with Crippen LogP contribution in [0, 0.1) is 11.6 Å². The number of hydrogen-bond acceptors (Lipinski definition) is 3. The molecule has 2 aromatic carbocycles. The van der Waals surface area contributed by atoms with Crippen LogP contribution in [0.5, 0.6) is 0 Å². The van der Waals surface area contributed by atoms with E-state index in [-0.39, 0.29) is 11.4 Å². The summed E-state index contributed by atoms with van der Waals surface area (Å²) in [4.78, 5) is -0.524. The molecule has 20 heavy (non-hydrogen) atoms. The van der Waals surface area contributed by atoms with Gasteiger partial charge in [-0.2, -0.15) is 0 Å². The zero-order chi connectivity index (χ0) is 14.9. The minimum atomic E-state index is -4.10. The van der Waals surface area contributed by atoms with E-state index in [1.807, 2.05) is 0 Å². The van der Waals surface area contributed by atoms with Crippen LogP contribution in [-0.4, -0.2) is 15.5 Å². The van der Waals surface area contributed by atoms with Crippen molar-refractivity contribution in [3.63, 3.8) is 0 Å². The maximum absolute atomic E-state index is 13.7. The zero-order valence-electron chi connectivity index (χ0n) is 10.5. The molecule has 0 aromatic heterocycles. The average Bonchev–Trinajstić information content (AvgIpc) is 2.41. The number of sulfonamides is 1. The molecule has 2 aromatic rings. The summed E-state index contributed by atoms with van der Waals surface area (Å²) in [5.41, 5.74) is 5.84. The first-order valence-corrected chi connectivity index (χ1v) is 7.06. The van der Waals surface area contributed by atoms with Gasteiger partial charge in [-0.15, -0.1) is 0 Å². The van der Waals surface area contributed by atoms with Gasteiger partial charge in [-0.1, -0.05) is 0 Å². The van der Waals surface area contributed by atoms with Crippen LogP contribution in [0.15, 0.2) is 47.4 Å². The summed E-state index contributed by atoms with van der Waals surface area (Å²) in [5.74, 6) is -1.39. The molecule has 0 saturated heterocycles. The molecule has 4 nitrogen and oxygen atoms in total. The highest BCUT2D eigenvalue weighted by atomic mass is 32.2. The summed E-state index contributed by atoms with van der Waals surface area (Å²) in [5, 5.41) is 0. The van der Waals surface area contributed by atoms with Gasteiger partial charge in [-0.05, 0) is 42.5 Å². The number of anilines is 2. The Kier molecular flexibility index (Phi) is 3.63. The van der Waals surface area contributed by atoms with Crippen molar-refractivity contribution in [1.29, 1.82) is 0 Å². The van der Waals surface area contributed by atoms with Gasteiger partial charge in [0.25, 0.3) is 10.0 Å². The SMILES string of the molecule is CN(c1ccc(F)cc1)S(=O)(=O)c1cc(N)ccc1F. The van der Waals surface area contributed by atoms with Gasteiger partial charge in [0.15, 0.2) is 0 Å². The molecule has 2 N–H and O–H groups in total. The minimum Gasteiger partial charge on any atom is -0.399 e. The van der Waals surface area contributed by atoms with Crippen molar-refractivity contribution < 1.29 is 17.2 Å². The first kappa shape index (κ1) is 14.3. The van der Waals surface area contributed by atoms with Gasteiger partial charge >= 0.3 is 0 Å². The number of nitrogens with zero attached hydrogens (tertiary/aromatic N) is 1. The summed E-state index contributed by atoms with van der Waals surface area (Å²) in [7, 11) is -2.85. The fraction of sp³-hybridized carbons (Fsp3) is 0.0769. The first-order chi connectivity index (χ1) is 9.32.